The molecule has 0 fully saturated rings. The second-order valence-electron chi connectivity index (χ2n) is 3.69. The number of benzene rings is 1. The van der Waals surface area contributed by atoms with Crippen LogP contribution in [0.4, 0.5) is 10.1 Å². The molecule has 1 aromatic heterocycles. The lowest BCUT2D eigenvalue weighted by Crippen LogP contribution is -1.97. The number of halogens is 1. The van der Waals surface area contributed by atoms with Gasteiger partial charge in [0.15, 0.2) is 5.82 Å². The van der Waals surface area contributed by atoms with E-state index in [1.165, 1.54) is 6.07 Å². The Morgan fingerprint density at radius 3 is 2.81 bits per heavy atom. The maximum atomic E-state index is 12.9. The van der Waals surface area contributed by atoms with Gasteiger partial charge in [-0.05, 0) is 31.0 Å². The summed E-state index contributed by atoms with van der Waals surface area (Å²) in [6.07, 6.45) is 1.47. The van der Waals surface area contributed by atoms with Crippen molar-refractivity contribution in [3.63, 3.8) is 0 Å². The number of anilines is 1. The Bertz CT molecular complexity index is 492. The van der Waals surface area contributed by atoms with Gasteiger partial charge in [0.25, 0.3) is 0 Å². The highest BCUT2D eigenvalue weighted by molar-refractivity contribution is 5.42. The fraction of sp³-hybridized carbons (Fsp3) is 0.273. The van der Waals surface area contributed by atoms with Gasteiger partial charge < -0.3 is 5.73 Å². The van der Waals surface area contributed by atoms with Crippen LogP contribution in [-0.2, 0) is 12.8 Å². The highest BCUT2D eigenvalue weighted by atomic mass is 19.1. The van der Waals surface area contributed by atoms with E-state index in [4.69, 9.17) is 5.73 Å². The molecule has 0 atom stereocenters. The number of rotatable bonds is 3. The molecule has 0 spiro atoms. The van der Waals surface area contributed by atoms with Gasteiger partial charge in [-0.2, -0.15) is 5.10 Å². The van der Waals surface area contributed by atoms with Crippen LogP contribution in [0.5, 0.6) is 0 Å². The average molecular weight is 220 g/mol. The van der Waals surface area contributed by atoms with Gasteiger partial charge >= 0.3 is 0 Å². The zero-order valence-electron chi connectivity index (χ0n) is 9.00. The minimum absolute atomic E-state index is 0.184. The third kappa shape index (κ3) is 2.36. The molecule has 0 saturated heterocycles. The predicted molar refractivity (Wildman–Crippen MR) is 59.3 cm³/mol. The van der Waals surface area contributed by atoms with Gasteiger partial charge in [-0.3, -0.25) is 5.10 Å². The number of nitrogens with one attached hydrogen (secondary N) is 1. The lowest BCUT2D eigenvalue weighted by atomic mass is 10.1. The molecule has 4 nitrogen and oxygen atoms in total. The third-order valence-corrected chi connectivity index (χ3v) is 2.34. The monoisotopic (exact) mass is 220 g/mol. The SMILES string of the molecule is Cc1nc(CCc2ccc(F)c(N)c2)n[nH]1. The Balaban J connectivity index is 2.02. The van der Waals surface area contributed by atoms with Crippen molar-refractivity contribution < 1.29 is 4.39 Å². The first-order chi connectivity index (χ1) is 7.65. The largest absolute Gasteiger partial charge is 0.396 e. The Kier molecular flexibility index (Phi) is 2.85. The molecule has 0 aliphatic rings. The molecule has 0 amide bonds. The minimum atomic E-state index is -0.377. The molecule has 0 unspecified atom stereocenters. The minimum Gasteiger partial charge on any atom is -0.396 e. The number of aromatic nitrogens is 3. The summed E-state index contributed by atoms with van der Waals surface area (Å²) in [5.41, 5.74) is 6.65. The van der Waals surface area contributed by atoms with Crippen LogP contribution in [0.2, 0.25) is 0 Å². The summed E-state index contributed by atoms with van der Waals surface area (Å²) in [6.45, 7) is 1.85. The molecule has 0 radical (unpaired) electrons. The summed E-state index contributed by atoms with van der Waals surface area (Å²) in [5.74, 6) is 1.19. The second-order valence-corrected chi connectivity index (χ2v) is 3.69. The van der Waals surface area contributed by atoms with E-state index in [1.54, 1.807) is 12.1 Å². The van der Waals surface area contributed by atoms with Gasteiger partial charge in [0.2, 0.25) is 0 Å². The average Bonchev–Trinajstić information content (AvgIpc) is 2.66. The van der Waals surface area contributed by atoms with Crippen molar-refractivity contribution in [2.24, 2.45) is 0 Å². The number of nitrogens with two attached hydrogens (primary N) is 1. The Morgan fingerprint density at radius 1 is 1.38 bits per heavy atom. The highest BCUT2D eigenvalue weighted by Gasteiger charge is 2.03. The number of H-pyrrole nitrogens is 1. The maximum absolute atomic E-state index is 12.9. The molecule has 16 heavy (non-hydrogen) atoms. The summed E-state index contributed by atoms with van der Waals surface area (Å²) in [5, 5.41) is 6.81. The molecule has 3 N–H and O–H groups in total. The number of nitrogen functional groups attached to an aromatic ring is 1. The zero-order valence-corrected chi connectivity index (χ0v) is 9.00. The topological polar surface area (TPSA) is 67.6 Å². The summed E-state index contributed by atoms with van der Waals surface area (Å²) < 4.78 is 12.9. The molecule has 2 rings (SSSR count). The van der Waals surface area contributed by atoms with Crippen LogP contribution in [0.1, 0.15) is 17.2 Å². The van der Waals surface area contributed by atoms with Crippen LogP contribution in [0, 0.1) is 12.7 Å². The summed E-state index contributed by atoms with van der Waals surface area (Å²) >= 11 is 0. The van der Waals surface area contributed by atoms with Crippen molar-refractivity contribution in [1.82, 2.24) is 15.2 Å². The van der Waals surface area contributed by atoms with E-state index in [-0.39, 0.29) is 11.5 Å². The van der Waals surface area contributed by atoms with E-state index in [2.05, 4.69) is 15.2 Å². The first-order valence-electron chi connectivity index (χ1n) is 5.07. The first-order valence-corrected chi connectivity index (χ1v) is 5.07. The van der Waals surface area contributed by atoms with Crippen LogP contribution in [0.3, 0.4) is 0 Å². The van der Waals surface area contributed by atoms with E-state index in [0.29, 0.717) is 0 Å². The van der Waals surface area contributed by atoms with Crippen molar-refractivity contribution in [2.75, 3.05) is 5.73 Å². The molecule has 1 heterocycles. The van der Waals surface area contributed by atoms with Crippen LogP contribution >= 0.6 is 0 Å². The van der Waals surface area contributed by atoms with Crippen molar-refractivity contribution in [2.45, 2.75) is 19.8 Å². The maximum Gasteiger partial charge on any atom is 0.151 e. The molecular weight excluding hydrogens is 207 g/mol. The van der Waals surface area contributed by atoms with Gasteiger partial charge in [0, 0.05) is 6.42 Å². The quantitative estimate of drug-likeness (QED) is 0.772. The first kappa shape index (κ1) is 10.6. The molecular formula is C11H13FN4. The van der Waals surface area contributed by atoms with Gasteiger partial charge in [-0.15, -0.1) is 0 Å². The van der Waals surface area contributed by atoms with Crippen molar-refractivity contribution >= 4 is 5.69 Å². The Morgan fingerprint density at radius 2 is 2.19 bits per heavy atom. The van der Waals surface area contributed by atoms with E-state index < -0.39 is 0 Å². The summed E-state index contributed by atoms with van der Waals surface area (Å²) in [4.78, 5) is 4.19. The van der Waals surface area contributed by atoms with E-state index in [0.717, 1.165) is 30.1 Å². The van der Waals surface area contributed by atoms with Gasteiger partial charge in [-0.25, -0.2) is 9.37 Å². The van der Waals surface area contributed by atoms with Crippen LogP contribution in [0.25, 0.3) is 0 Å². The van der Waals surface area contributed by atoms with Crippen molar-refractivity contribution in [1.29, 1.82) is 0 Å². The molecule has 84 valence electrons. The molecule has 0 aliphatic heterocycles. The lowest BCUT2D eigenvalue weighted by molar-refractivity contribution is 0.631. The number of hydrogen-bond donors (Lipinski definition) is 2. The fourth-order valence-corrected chi connectivity index (χ4v) is 1.51. The zero-order chi connectivity index (χ0) is 11.5. The van der Waals surface area contributed by atoms with E-state index >= 15 is 0 Å². The van der Waals surface area contributed by atoms with Crippen LogP contribution < -0.4 is 5.73 Å². The normalized spacial score (nSPS) is 10.6. The number of aryl methyl sites for hydroxylation is 3. The molecule has 0 aliphatic carbocycles. The smallest absolute Gasteiger partial charge is 0.151 e. The Labute approximate surface area is 92.7 Å². The van der Waals surface area contributed by atoms with Gasteiger partial charge in [0.1, 0.15) is 11.6 Å². The molecule has 0 saturated carbocycles. The van der Waals surface area contributed by atoms with Crippen LogP contribution in [0.15, 0.2) is 18.2 Å². The molecule has 5 heteroatoms. The van der Waals surface area contributed by atoms with Gasteiger partial charge in [-0.1, -0.05) is 6.07 Å². The number of nitrogens with zero attached hydrogens (tertiary/aromatic N) is 2. The Hall–Kier alpha value is -1.91. The standard InChI is InChI=1S/C11H13FN4/c1-7-14-11(16-15-7)5-3-8-2-4-9(12)10(13)6-8/h2,4,6H,3,5,13H2,1H3,(H,14,15,16). The fourth-order valence-electron chi connectivity index (χ4n) is 1.51. The second kappa shape index (κ2) is 4.30. The highest BCUT2D eigenvalue weighted by Crippen LogP contribution is 2.13. The molecule has 0 bridgehead atoms. The van der Waals surface area contributed by atoms with Crippen LogP contribution in [-0.4, -0.2) is 15.2 Å². The number of hydrogen-bond acceptors (Lipinski definition) is 3. The van der Waals surface area contributed by atoms with Crippen molar-refractivity contribution in [3.8, 4) is 0 Å². The molecule has 1 aromatic carbocycles. The van der Waals surface area contributed by atoms with E-state index in [1.807, 2.05) is 6.92 Å². The third-order valence-electron chi connectivity index (χ3n) is 2.34. The van der Waals surface area contributed by atoms with Crippen molar-refractivity contribution in [3.05, 3.63) is 41.2 Å². The predicted octanol–water partition coefficient (Wildman–Crippen LogP) is 1.62. The summed E-state index contributed by atoms with van der Waals surface area (Å²) in [7, 11) is 0. The molecule has 2 aromatic rings. The number of aromatic amines is 1. The lowest BCUT2D eigenvalue weighted by Gasteiger charge is -2.01. The van der Waals surface area contributed by atoms with E-state index in [9.17, 15) is 4.39 Å². The van der Waals surface area contributed by atoms with Gasteiger partial charge in [0.05, 0.1) is 5.69 Å². The summed E-state index contributed by atoms with van der Waals surface area (Å²) in [6, 6.07) is 4.76.